The van der Waals surface area contributed by atoms with Crippen molar-refractivity contribution in [1.29, 1.82) is 0 Å². The highest BCUT2D eigenvalue weighted by atomic mass is 16.5. The monoisotopic (exact) mass is 355 g/mol. The van der Waals surface area contributed by atoms with E-state index < -0.39 is 18.0 Å². The molecule has 0 bridgehead atoms. The van der Waals surface area contributed by atoms with Crippen LogP contribution in [0.3, 0.4) is 0 Å². The molecule has 1 amide bonds. The highest BCUT2D eigenvalue weighted by molar-refractivity contribution is 5.96. The molecule has 0 aliphatic rings. The van der Waals surface area contributed by atoms with Crippen LogP contribution in [0.2, 0.25) is 0 Å². The van der Waals surface area contributed by atoms with Gasteiger partial charge in [0.15, 0.2) is 6.10 Å². The molecule has 2 rings (SSSR count). The summed E-state index contributed by atoms with van der Waals surface area (Å²) < 4.78 is 15.3. The van der Waals surface area contributed by atoms with Gasteiger partial charge in [-0.2, -0.15) is 0 Å². The Bertz CT molecular complexity index is 800. The summed E-state index contributed by atoms with van der Waals surface area (Å²) in [4.78, 5) is 24.0. The van der Waals surface area contributed by atoms with Crippen LogP contribution < -0.4 is 14.8 Å². The highest BCUT2D eigenvalue weighted by Crippen LogP contribution is 2.17. The van der Waals surface area contributed by atoms with Crippen molar-refractivity contribution in [2.24, 2.45) is 0 Å². The molecule has 2 aromatic carbocycles. The summed E-state index contributed by atoms with van der Waals surface area (Å²) in [6.45, 7) is 1.51. The first-order valence-electron chi connectivity index (χ1n) is 7.99. The fraction of sp³-hybridized carbons (Fsp3) is 0.200. The van der Waals surface area contributed by atoms with Crippen molar-refractivity contribution in [3.8, 4) is 11.5 Å². The first kappa shape index (κ1) is 19.1. The lowest BCUT2D eigenvalue weighted by Gasteiger charge is -2.13. The highest BCUT2D eigenvalue weighted by Gasteiger charge is 2.16. The van der Waals surface area contributed by atoms with E-state index in [0.29, 0.717) is 17.2 Å². The molecule has 136 valence electrons. The molecule has 1 N–H and O–H groups in total. The Labute approximate surface area is 152 Å². The molecular weight excluding hydrogens is 334 g/mol. The number of carbonyl (C=O) groups is 2. The van der Waals surface area contributed by atoms with E-state index in [1.54, 1.807) is 56.7 Å². The Morgan fingerprint density at radius 1 is 1.00 bits per heavy atom. The second kappa shape index (κ2) is 9.27. The van der Waals surface area contributed by atoms with Crippen LogP contribution in [0.4, 0.5) is 5.69 Å². The second-order valence-corrected chi connectivity index (χ2v) is 5.41. The Kier molecular flexibility index (Phi) is 6.79. The number of esters is 1. The summed E-state index contributed by atoms with van der Waals surface area (Å²) in [6.07, 6.45) is 1.92. The minimum Gasteiger partial charge on any atom is -0.497 e. The smallest absolute Gasteiger partial charge is 0.331 e. The van der Waals surface area contributed by atoms with Gasteiger partial charge in [-0.15, -0.1) is 0 Å². The van der Waals surface area contributed by atoms with E-state index in [-0.39, 0.29) is 0 Å². The second-order valence-electron chi connectivity index (χ2n) is 5.41. The zero-order valence-electron chi connectivity index (χ0n) is 14.9. The van der Waals surface area contributed by atoms with Gasteiger partial charge < -0.3 is 19.5 Å². The summed E-state index contributed by atoms with van der Waals surface area (Å²) in [5, 5.41) is 2.67. The SMILES string of the molecule is COc1cccc(/C=C/C(=O)O[C@@H](C)C(=O)Nc2cccc(OC)c2)c1. The Morgan fingerprint density at radius 3 is 2.35 bits per heavy atom. The summed E-state index contributed by atoms with van der Waals surface area (Å²) >= 11 is 0. The average molecular weight is 355 g/mol. The molecular formula is C20H21NO5. The summed E-state index contributed by atoms with van der Waals surface area (Å²) in [6, 6.07) is 14.1. The minimum absolute atomic E-state index is 0.429. The zero-order chi connectivity index (χ0) is 18.9. The molecule has 0 spiro atoms. The van der Waals surface area contributed by atoms with E-state index in [9.17, 15) is 9.59 Å². The van der Waals surface area contributed by atoms with Crippen LogP contribution in [0.25, 0.3) is 6.08 Å². The number of ether oxygens (including phenoxy) is 3. The largest absolute Gasteiger partial charge is 0.497 e. The Morgan fingerprint density at radius 2 is 1.65 bits per heavy atom. The zero-order valence-corrected chi connectivity index (χ0v) is 14.9. The normalized spacial score (nSPS) is 11.7. The molecule has 6 nitrogen and oxygen atoms in total. The van der Waals surface area contributed by atoms with Crippen molar-refractivity contribution in [3.63, 3.8) is 0 Å². The van der Waals surface area contributed by atoms with Crippen molar-refractivity contribution in [2.45, 2.75) is 13.0 Å². The topological polar surface area (TPSA) is 73.9 Å². The lowest BCUT2D eigenvalue weighted by Crippen LogP contribution is -2.29. The number of anilines is 1. The van der Waals surface area contributed by atoms with E-state index in [0.717, 1.165) is 5.56 Å². The molecule has 1 atom stereocenters. The van der Waals surface area contributed by atoms with Crippen molar-refractivity contribution in [1.82, 2.24) is 0 Å². The standard InChI is InChI=1S/C20H21NO5/c1-14(20(23)21-16-7-5-9-18(13-16)25-3)26-19(22)11-10-15-6-4-8-17(12-15)24-2/h4-14H,1-3H3,(H,21,23)/b11-10+/t14-/m0/s1. The molecule has 6 heteroatoms. The minimum atomic E-state index is -0.941. The molecule has 0 heterocycles. The lowest BCUT2D eigenvalue weighted by atomic mass is 10.2. The van der Waals surface area contributed by atoms with Crippen molar-refractivity contribution in [2.75, 3.05) is 19.5 Å². The van der Waals surface area contributed by atoms with Gasteiger partial charge in [0, 0.05) is 17.8 Å². The van der Waals surface area contributed by atoms with Gasteiger partial charge in [0.1, 0.15) is 11.5 Å². The fourth-order valence-electron chi connectivity index (χ4n) is 2.12. The summed E-state index contributed by atoms with van der Waals surface area (Å²) in [5.74, 6) is 0.266. The number of benzene rings is 2. The molecule has 2 aromatic rings. The number of hydrogen-bond donors (Lipinski definition) is 1. The number of rotatable bonds is 7. The van der Waals surface area contributed by atoms with Crippen molar-refractivity contribution < 1.29 is 23.8 Å². The van der Waals surface area contributed by atoms with Crippen molar-refractivity contribution in [3.05, 3.63) is 60.2 Å². The van der Waals surface area contributed by atoms with Gasteiger partial charge in [-0.3, -0.25) is 4.79 Å². The van der Waals surface area contributed by atoms with Crippen LogP contribution in [-0.4, -0.2) is 32.2 Å². The van der Waals surface area contributed by atoms with Gasteiger partial charge in [0.25, 0.3) is 5.91 Å². The van der Waals surface area contributed by atoms with Crippen LogP contribution in [0.1, 0.15) is 12.5 Å². The van der Waals surface area contributed by atoms with E-state index in [1.807, 2.05) is 12.1 Å². The number of methoxy groups -OCH3 is 2. The Balaban J connectivity index is 1.90. The van der Waals surface area contributed by atoms with E-state index in [1.165, 1.54) is 13.0 Å². The third kappa shape index (κ3) is 5.66. The van der Waals surface area contributed by atoms with Crippen LogP contribution in [0.15, 0.2) is 54.6 Å². The molecule has 0 aliphatic carbocycles. The maximum absolute atomic E-state index is 12.1. The Hall–Kier alpha value is -3.28. The predicted molar refractivity (Wildman–Crippen MR) is 99.2 cm³/mol. The van der Waals surface area contributed by atoms with Crippen LogP contribution in [0, 0.1) is 0 Å². The summed E-state index contributed by atoms with van der Waals surface area (Å²) in [5.41, 5.74) is 1.35. The van der Waals surface area contributed by atoms with Gasteiger partial charge >= 0.3 is 5.97 Å². The molecule has 0 aliphatic heterocycles. The molecule has 0 saturated carbocycles. The molecule has 0 fully saturated rings. The van der Waals surface area contributed by atoms with Crippen LogP contribution >= 0.6 is 0 Å². The van der Waals surface area contributed by atoms with Crippen molar-refractivity contribution >= 4 is 23.6 Å². The predicted octanol–water partition coefficient (Wildman–Crippen LogP) is 3.29. The number of amides is 1. The third-order valence-corrected chi connectivity index (χ3v) is 3.51. The number of carbonyl (C=O) groups excluding carboxylic acids is 2. The van der Waals surface area contributed by atoms with Crippen LogP contribution in [-0.2, 0) is 14.3 Å². The molecule has 0 radical (unpaired) electrons. The van der Waals surface area contributed by atoms with Gasteiger partial charge in [0.2, 0.25) is 0 Å². The van der Waals surface area contributed by atoms with Crippen LogP contribution in [0.5, 0.6) is 11.5 Å². The molecule has 0 saturated heterocycles. The van der Waals surface area contributed by atoms with Gasteiger partial charge in [-0.05, 0) is 42.8 Å². The molecule has 26 heavy (non-hydrogen) atoms. The molecule has 0 aromatic heterocycles. The first-order chi connectivity index (χ1) is 12.5. The van der Waals surface area contributed by atoms with Gasteiger partial charge in [-0.1, -0.05) is 18.2 Å². The average Bonchev–Trinajstić information content (AvgIpc) is 2.66. The fourth-order valence-corrected chi connectivity index (χ4v) is 2.12. The quantitative estimate of drug-likeness (QED) is 0.609. The third-order valence-electron chi connectivity index (χ3n) is 3.51. The summed E-state index contributed by atoms with van der Waals surface area (Å²) in [7, 11) is 3.11. The van der Waals surface area contributed by atoms with E-state index in [4.69, 9.17) is 14.2 Å². The number of nitrogens with one attached hydrogen (secondary N) is 1. The van der Waals surface area contributed by atoms with E-state index >= 15 is 0 Å². The lowest BCUT2D eigenvalue weighted by molar-refractivity contribution is -0.148. The van der Waals surface area contributed by atoms with E-state index in [2.05, 4.69) is 5.32 Å². The number of hydrogen-bond acceptors (Lipinski definition) is 5. The van der Waals surface area contributed by atoms with Gasteiger partial charge in [0.05, 0.1) is 14.2 Å². The maximum Gasteiger partial charge on any atom is 0.331 e. The van der Waals surface area contributed by atoms with Gasteiger partial charge in [-0.25, -0.2) is 4.79 Å². The molecule has 0 unspecified atom stereocenters. The maximum atomic E-state index is 12.1. The first-order valence-corrected chi connectivity index (χ1v) is 7.99.